The third-order valence-electron chi connectivity index (χ3n) is 3.51. The lowest BCUT2D eigenvalue weighted by molar-refractivity contribution is -0.294. The molecule has 0 aliphatic carbocycles. The van der Waals surface area contributed by atoms with Crippen molar-refractivity contribution in [2.24, 2.45) is 5.41 Å². The number of hydrogen-bond donors (Lipinski definition) is 0. The summed E-state index contributed by atoms with van der Waals surface area (Å²) in [7, 11) is -2.07. The van der Waals surface area contributed by atoms with Crippen LogP contribution in [0.5, 0.6) is 0 Å². The molecule has 17 heavy (non-hydrogen) atoms. The Morgan fingerprint density at radius 3 is 2.29 bits per heavy atom. The van der Waals surface area contributed by atoms with Crippen LogP contribution in [0.1, 0.15) is 27.7 Å². The zero-order chi connectivity index (χ0) is 12.9. The Labute approximate surface area is 99.2 Å². The van der Waals surface area contributed by atoms with Crippen LogP contribution in [-0.4, -0.2) is 34.5 Å². The van der Waals surface area contributed by atoms with Crippen molar-refractivity contribution < 1.29 is 23.0 Å². The molecule has 1 unspecified atom stereocenters. The molecule has 3 aliphatic rings. The van der Waals surface area contributed by atoms with Gasteiger partial charge in [0.2, 0.25) is 11.6 Å². The molecule has 0 aromatic heterocycles. The second-order valence-corrected chi connectivity index (χ2v) is 7.13. The van der Waals surface area contributed by atoms with Crippen LogP contribution >= 0.6 is 7.82 Å². The first-order valence-electron chi connectivity index (χ1n) is 5.37. The quantitative estimate of drug-likeness (QED) is 0.612. The average Bonchev–Trinajstić information content (AvgIpc) is 2.65. The highest BCUT2D eigenvalue weighted by Crippen LogP contribution is 2.76. The Bertz CT molecular complexity index is 474. The second kappa shape index (κ2) is 2.60. The van der Waals surface area contributed by atoms with Gasteiger partial charge in [0.1, 0.15) is 0 Å². The molecule has 3 atom stereocenters. The summed E-state index contributed by atoms with van der Waals surface area (Å²) in [6.07, 6.45) is 0. The molecule has 2 bridgehead atoms. The topological polar surface area (TPSA) is 68.3 Å². The number of hydroxylamine groups is 2. The smallest absolute Gasteiger partial charge is 0.298 e. The molecule has 96 valence electrons. The fraction of sp³-hybridized carbons (Fsp3) is 0.889. The third kappa shape index (κ3) is 0.994. The van der Waals surface area contributed by atoms with E-state index in [1.54, 1.807) is 14.0 Å². The van der Waals surface area contributed by atoms with Crippen molar-refractivity contribution in [1.82, 2.24) is 9.96 Å². The van der Waals surface area contributed by atoms with Crippen LogP contribution in [0.4, 0.5) is 0 Å². The molecule has 8 heteroatoms. The van der Waals surface area contributed by atoms with E-state index in [1.165, 1.54) is 9.96 Å². The lowest BCUT2D eigenvalue weighted by atomic mass is 9.88. The van der Waals surface area contributed by atoms with Gasteiger partial charge in [-0.25, -0.2) is 9.09 Å². The van der Waals surface area contributed by atoms with Crippen LogP contribution < -0.4 is 0 Å². The lowest BCUT2D eigenvalue weighted by Crippen LogP contribution is -2.61. The zero-order valence-corrected chi connectivity index (χ0v) is 11.3. The van der Waals surface area contributed by atoms with Crippen molar-refractivity contribution in [2.45, 2.75) is 39.3 Å². The highest BCUT2D eigenvalue weighted by molar-refractivity contribution is 7.49. The molecule has 0 radical (unpaired) electrons. The van der Waals surface area contributed by atoms with Crippen LogP contribution in [0.25, 0.3) is 0 Å². The number of rotatable bonds is 0. The molecule has 0 spiro atoms. The van der Waals surface area contributed by atoms with Crippen LogP contribution in [-0.2, 0) is 23.0 Å². The minimum atomic E-state index is -3.67. The number of fused-ring (bicyclic) bond motifs is 1. The summed E-state index contributed by atoms with van der Waals surface area (Å²) in [5.74, 6) is -1.49. The molecule has 0 N–H and O–H groups in total. The SMILES string of the molecule is CN1C(=O)[C@]2(C)OP3(=O)ON2[C@]1(C(C)(C)C)O3. The van der Waals surface area contributed by atoms with Gasteiger partial charge in [-0.3, -0.25) is 14.2 Å². The van der Waals surface area contributed by atoms with Crippen molar-refractivity contribution >= 4 is 13.7 Å². The largest absolute Gasteiger partial charge is 0.497 e. The van der Waals surface area contributed by atoms with E-state index in [4.69, 9.17) is 13.7 Å². The van der Waals surface area contributed by atoms with Gasteiger partial charge in [-0.2, -0.15) is 4.62 Å². The van der Waals surface area contributed by atoms with E-state index in [0.29, 0.717) is 0 Å². The molecule has 1 amide bonds. The van der Waals surface area contributed by atoms with E-state index in [9.17, 15) is 9.36 Å². The molecule has 3 aliphatic heterocycles. The standard InChI is InChI=1S/C9H15N2O5P/c1-7(2,3)9-10(5)6(12)8(4)11(9)16-17(13,14-8)15-9/h1-5H3/t8-,9+,17?/m0/s1. The van der Waals surface area contributed by atoms with Gasteiger partial charge < -0.3 is 0 Å². The summed E-state index contributed by atoms with van der Waals surface area (Å²) < 4.78 is 28.0. The number of phosphoric ester groups is 1. The van der Waals surface area contributed by atoms with Gasteiger partial charge in [0, 0.05) is 12.5 Å². The molecular weight excluding hydrogens is 247 g/mol. The first-order chi connectivity index (χ1) is 7.57. The minimum Gasteiger partial charge on any atom is -0.298 e. The van der Waals surface area contributed by atoms with Gasteiger partial charge in [0.15, 0.2) is 0 Å². The van der Waals surface area contributed by atoms with Gasteiger partial charge in [0.05, 0.1) is 0 Å². The van der Waals surface area contributed by atoms with E-state index >= 15 is 0 Å². The maximum Gasteiger partial charge on any atom is 0.497 e. The Balaban J connectivity index is 2.26. The number of nitrogens with zero attached hydrogens (tertiary/aromatic N) is 2. The molecule has 3 heterocycles. The van der Waals surface area contributed by atoms with Crippen molar-refractivity contribution in [3.63, 3.8) is 0 Å². The molecule has 3 fully saturated rings. The molecule has 3 rings (SSSR count). The summed E-state index contributed by atoms with van der Waals surface area (Å²) in [6.45, 7) is 7.21. The monoisotopic (exact) mass is 262 g/mol. The number of amides is 1. The summed E-state index contributed by atoms with van der Waals surface area (Å²) in [5, 5.41) is 1.29. The van der Waals surface area contributed by atoms with E-state index < -0.39 is 24.8 Å². The first-order valence-corrected chi connectivity index (χ1v) is 6.83. The van der Waals surface area contributed by atoms with Crippen molar-refractivity contribution in [2.75, 3.05) is 7.05 Å². The fourth-order valence-corrected chi connectivity index (χ4v) is 4.68. The fourth-order valence-electron chi connectivity index (χ4n) is 2.74. The van der Waals surface area contributed by atoms with Gasteiger partial charge >= 0.3 is 7.82 Å². The van der Waals surface area contributed by atoms with Gasteiger partial charge in [0.25, 0.3) is 5.91 Å². The maximum atomic E-state index is 12.2. The number of phosphoric acid groups is 1. The van der Waals surface area contributed by atoms with E-state index in [2.05, 4.69) is 0 Å². The predicted octanol–water partition coefficient (Wildman–Crippen LogP) is 1.28. The summed E-state index contributed by atoms with van der Waals surface area (Å²) >= 11 is 0. The van der Waals surface area contributed by atoms with Crippen LogP contribution in [0, 0.1) is 5.41 Å². The highest BCUT2D eigenvalue weighted by Gasteiger charge is 2.83. The van der Waals surface area contributed by atoms with Crippen molar-refractivity contribution in [1.29, 1.82) is 0 Å². The summed E-state index contributed by atoms with van der Waals surface area (Å²) in [6, 6.07) is 0. The molecule has 3 saturated heterocycles. The van der Waals surface area contributed by atoms with E-state index in [0.717, 1.165) is 0 Å². The molecule has 7 nitrogen and oxygen atoms in total. The van der Waals surface area contributed by atoms with Crippen LogP contribution in [0.3, 0.4) is 0 Å². The minimum absolute atomic E-state index is 0.317. The predicted molar refractivity (Wildman–Crippen MR) is 56.1 cm³/mol. The Kier molecular flexibility index (Phi) is 1.78. The Morgan fingerprint density at radius 2 is 1.88 bits per heavy atom. The second-order valence-electron chi connectivity index (χ2n) is 5.71. The third-order valence-corrected chi connectivity index (χ3v) is 4.93. The van der Waals surface area contributed by atoms with Gasteiger partial charge in [-0.1, -0.05) is 25.8 Å². The normalized spacial score (nSPS) is 49.5. The first kappa shape index (κ1) is 11.6. The van der Waals surface area contributed by atoms with Crippen molar-refractivity contribution in [3.05, 3.63) is 0 Å². The van der Waals surface area contributed by atoms with E-state index in [1.807, 2.05) is 20.8 Å². The zero-order valence-electron chi connectivity index (χ0n) is 10.4. The van der Waals surface area contributed by atoms with Gasteiger partial charge in [-0.05, 0) is 6.92 Å². The lowest BCUT2D eigenvalue weighted by Gasteiger charge is -2.44. The number of carbonyl (C=O) groups is 1. The summed E-state index contributed by atoms with van der Waals surface area (Å²) in [5.41, 5.74) is -1.85. The average molecular weight is 262 g/mol. The number of likely N-dealkylation sites (N-methyl/N-ethyl adjacent to an activating group) is 1. The molecule has 0 aromatic rings. The van der Waals surface area contributed by atoms with E-state index in [-0.39, 0.29) is 5.91 Å². The molecular formula is C9H15N2O5P. The Hall–Kier alpha value is -0.460. The Morgan fingerprint density at radius 1 is 1.29 bits per heavy atom. The van der Waals surface area contributed by atoms with Gasteiger partial charge in [-0.15, -0.1) is 0 Å². The summed E-state index contributed by atoms with van der Waals surface area (Å²) in [4.78, 5) is 13.6. The number of hydrogen-bond acceptors (Lipinski definition) is 6. The molecule has 0 saturated carbocycles. The number of carbonyl (C=O) groups excluding carboxylic acids is 1. The molecule has 0 aromatic carbocycles. The maximum absolute atomic E-state index is 12.2. The van der Waals surface area contributed by atoms with Crippen LogP contribution in [0.15, 0.2) is 0 Å². The highest BCUT2D eigenvalue weighted by atomic mass is 31.2. The van der Waals surface area contributed by atoms with Crippen molar-refractivity contribution in [3.8, 4) is 0 Å². The van der Waals surface area contributed by atoms with Crippen LogP contribution in [0.2, 0.25) is 0 Å².